The smallest absolute Gasteiger partial charge is 0.407 e. The number of nitrogens with one attached hydrogen (secondary N) is 2. The van der Waals surface area contributed by atoms with E-state index in [4.69, 9.17) is 4.74 Å². The number of benzene rings is 1. The van der Waals surface area contributed by atoms with Gasteiger partial charge in [-0.3, -0.25) is 10.1 Å². The second kappa shape index (κ2) is 7.38. The zero-order chi connectivity index (χ0) is 17.9. The molecule has 0 unspecified atom stereocenters. The zero-order valence-corrected chi connectivity index (χ0v) is 15.6. The maximum absolute atomic E-state index is 11.8. The molecule has 24 heavy (non-hydrogen) atoms. The Morgan fingerprint density at radius 1 is 1.33 bits per heavy atom. The van der Waals surface area contributed by atoms with Crippen LogP contribution < -0.4 is 10.6 Å². The van der Waals surface area contributed by atoms with E-state index in [-0.39, 0.29) is 17.8 Å². The lowest BCUT2D eigenvalue weighted by Gasteiger charge is -2.22. The van der Waals surface area contributed by atoms with Gasteiger partial charge in [-0.1, -0.05) is 6.07 Å². The van der Waals surface area contributed by atoms with Crippen LogP contribution in [0.2, 0.25) is 0 Å². The first-order valence-electron chi connectivity index (χ1n) is 7.84. The number of hydrogen-bond acceptors (Lipinski definition) is 5. The van der Waals surface area contributed by atoms with Crippen molar-refractivity contribution in [1.82, 2.24) is 5.32 Å². The van der Waals surface area contributed by atoms with Gasteiger partial charge in [-0.05, 0) is 62.0 Å². The number of ether oxygens (including phenoxy) is 1. The monoisotopic (exact) mass is 399 g/mol. The third-order valence-electron chi connectivity index (χ3n) is 3.69. The number of amides is 1. The number of carbonyl (C=O) groups excluding carboxylic acids is 1. The first-order chi connectivity index (χ1) is 11.2. The molecule has 2 rings (SSSR count). The van der Waals surface area contributed by atoms with Crippen LogP contribution in [-0.2, 0) is 4.74 Å². The van der Waals surface area contributed by atoms with E-state index in [0.29, 0.717) is 16.6 Å². The normalized spacial score (nSPS) is 20.5. The van der Waals surface area contributed by atoms with Gasteiger partial charge in [-0.2, -0.15) is 0 Å². The van der Waals surface area contributed by atoms with E-state index in [1.165, 1.54) is 6.07 Å². The Morgan fingerprint density at radius 3 is 2.62 bits per heavy atom. The summed E-state index contributed by atoms with van der Waals surface area (Å²) in [6.07, 6.45) is 1.88. The maximum Gasteiger partial charge on any atom is 0.407 e. The van der Waals surface area contributed by atoms with Gasteiger partial charge in [0.1, 0.15) is 11.3 Å². The lowest BCUT2D eigenvalue weighted by Crippen LogP contribution is -2.38. The molecule has 0 spiro atoms. The van der Waals surface area contributed by atoms with Crippen LogP contribution in [0.5, 0.6) is 0 Å². The highest BCUT2D eigenvalue weighted by Crippen LogP contribution is 2.35. The van der Waals surface area contributed by atoms with Gasteiger partial charge in [-0.15, -0.1) is 0 Å². The van der Waals surface area contributed by atoms with Gasteiger partial charge in [0.25, 0.3) is 5.69 Å². The highest BCUT2D eigenvalue weighted by atomic mass is 79.9. The van der Waals surface area contributed by atoms with Gasteiger partial charge in [0.2, 0.25) is 0 Å². The third kappa shape index (κ3) is 5.09. The fourth-order valence-corrected chi connectivity index (χ4v) is 3.20. The fraction of sp³-hybridized carbons (Fsp3) is 0.562. The maximum atomic E-state index is 11.8. The Morgan fingerprint density at radius 2 is 2.00 bits per heavy atom. The van der Waals surface area contributed by atoms with Crippen molar-refractivity contribution in [2.75, 3.05) is 5.32 Å². The Labute approximate surface area is 149 Å². The van der Waals surface area contributed by atoms with Crippen molar-refractivity contribution < 1.29 is 14.5 Å². The van der Waals surface area contributed by atoms with Crippen molar-refractivity contribution in [3.63, 3.8) is 0 Å². The number of alkyl carbamates (subject to hydrolysis) is 1. The molecule has 1 amide bonds. The molecule has 0 aromatic heterocycles. The molecule has 0 radical (unpaired) electrons. The van der Waals surface area contributed by atoms with Gasteiger partial charge in [-0.25, -0.2) is 4.79 Å². The highest BCUT2D eigenvalue weighted by Gasteiger charge is 2.29. The molecule has 2 N–H and O–H groups in total. The zero-order valence-electron chi connectivity index (χ0n) is 14.0. The molecular formula is C16H22BrN3O4. The first-order valence-corrected chi connectivity index (χ1v) is 8.64. The van der Waals surface area contributed by atoms with Crippen molar-refractivity contribution in [3.8, 4) is 0 Å². The number of rotatable bonds is 4. The van der Waals surface area contributed by atoms with Gasteiger partial charge in [0.05, 0.1) is 4.92 Å². The number of halogens is 1. The van der Waals surface area contributed by atoms with Gasteiger partial charge >= 0.3 is 6.09 Å². The summed E-state index contributed by atoms with van der Waals surface area (Å²) in [6, 6.07) is 4.93. The quantitative estimate of drug-likeness (QED) is 0.583. The molecule has 1 aromatic rings. The number of para-hydroxylation sites is 1. The molecule has 0 heterocycles. The number of anilines is 1. The molecule has 7 nitrogen and oxygen atoms in total. The van der Waals surface area contributed by atoms with E-state index in [1.54, 1.807) is 12.1 Å². The molecule has 1 aliphatic carbocycles. The summed E-state index contributed by atoms with van der Waals surface area (Å²) < 4.78 is 5.91. The van der Waals surface area contributed by atoms with E-state index in [2.05, 4.69) is 26.6 Å². The second-order valence-corrected chi connectivity index (χ2v) is 7.74. The van der Waals surface area contributed by atoms with Crippen molar-refractivity contribution in [1.29, 1.82) is 0 Å². The minimum atomic E-state index is -0.532. The molecule has 0 bridgehead atoms. The molecule has 2 atom stereocenters. The molecular weight excluding hydrogens is 378 g/mol. The number of carbonyl (C=O) groups is 1. The van der Waals surface area contributed by atoms with E-state index in [0.717, 1.165) is 12.8 Å². The summed E-state index contributed by atoms with van der Waals surface area (Å²) >= 11 is 3.35. The Bertz CT molecular complexity index is 630. The highest BCUT2D eigenvalue weighted by molar-refractivity contribution is 9.10. The van der Waals surface area contributed by atoms with Crippen LogP contribution in [-0.4, -0.2) is 28.7 Å². The minimum Gasteiger partial charge on any atom is -0.444 e. The van der Waals surface area contributed by atoms with Crippen LogP contribution in [0.4, 0.5) is 16.2 Å². The van der Waals surface area contributed by atoms with Crippen LogP contribution >= 0.6 is 15.9 Å². The third-order valence-corrected chi connectivity index (χ3v) is 4.35. The van der Waals surface area contributed by atoms with Crippen LogP contribution in [0.15, 0.2) is 22.7 Å². The number of nitro benzene ring substituents is 1. The van der Waals surface area contributed by atoms with E-state index >= 15 is 0 Å². The molecule has 8 heteroatoms. The van der Waals surface area contributed by atoms with Crippen LogP contribution in [0.1, 0.15) is 40.0 Å². The summed E-state index contributed by atoms with van der Waals surface area (Å²) in [5.74, 6) is 0. The van der Waals surface area contributed by atoms with Crippen LogP contribution in [0, 0.1) is 10.1 Å². The molecule has 132 valence electrons. The average Bonchev–Trinajstić information content (AvgIpc) is 2.85. The standard InChI is InChI=1S/C16H22BrN3O4/c1-16(2,3)24-15(21)19-11-8-7-10(9-11)18-14-12(17)5-4-6-13(14)20(22)23/h4-6,10-11,18H,7-9H2,1-3H3,(H,19,21)/t10-,11-/m0/s1. The number of hydrogen-bond donors (Lipinski definition) is 2. The minimum absolute atomic E-state index is 0.00102. The first kappa shape index (κ1) is 18.5. The Balaban J connectivity index is 1.95. The molecule has 1 saturated carbocycles. The van der Waals surface area contributed by atoms with Crippen molar-refractivity contribution >= 4 is 33.4 Å². The molecule has 1 fully saturated rings. The van der Waals surface area contributed by atoms with Gasteiger partial charge in [0.15, 0.2) is 0 Å². The van der Waals surface area contributed by atoms with Crippen molar-refractivity contribution in [2.45, 2.75) is 57.7 Å². The molecule has 1 aromatic carbocycles. The molecule has 0 aliphatic heterocycles. The largest absolute Gasteiger partial charge is 0.444 e. The summed E-state index contributed by atoms with van der Waals surface area (Å²) in [5, 5.41) is 17.2. The van der Waals surface area contributed by atoms with Gasteiger partial charge < -0.3 is 15.4 Å². The Kier molecular flexibility index (Phi) is 5.69. The summed E-state index contributed by atoms with van der Waals surface area (Å²) in [4.78, 5) is 22.6. The van der Waals surface area contributed by atoms with E-state index < -0.39 is 16.6 Å². The number of nitro groups is 1. The molecule has 0 saturated heterocycles. The number of nitrogens with zero attached hydrogens (tertiary/aromatic N) is 1. The fourth-order valence-electron chi connectivity index (χ4n) is 2.73. The Hall–Kier alpha value is -1.83. The average molecular weight is 400 g/mol. The lowest BCUT2D eigenvalue weighted by atomic mass is 10.2. The van der Waals surface area contributed by atoms with Crippen LogP contribution in [0.25, 0.3) is 0 Å². The van der Waals surface area contributed by atoms with Gasteiger partial charge in [0, 0.05) is 22.6 Å². The topological polar surface area (TPSA) is 93.5 Å². The predicted molar refractivity (Wildman–Crippen MR) is 95.2 cm³/mol. The summed E-state index contributed by atoms with van der Waals surface area (Å²) in [7, 11) is 0. The predicted octanol–water partition coefficient (Wildman–Crippen LogP) is 4.22. The molecule has 1 aliphatic rings. The van der Waals surface area contributed by atoms with Crippen molar-refractivity contribution in [2.24, 2.45) is 0 Å². The lowest BCUT2D eigenvalue weighted by molar-refractivity contribution is -0.384. The van der Waals surface area contributed by atoms with E-state index in [9.17, 15) is 14.9 Å². The van der Waals surface area contributed by atoms with E-state index in [1.807, 2.05) is 20.8 Å². The summed E-state index contributed by atoms with van der Waals surface area (Å²) in [5.41, 5.74) is -0.0195. The SMILES string of the molecule is CC(C)(C)OC(=O)N[C@H]1CC[C@H](Nc2c(Br)cccc2[N+](=O)[O-])C1. The van der Waals surface area contributed by atoms with Crippen molar-refractivity contribution in [3.05, 3.63) is 32.8 Å². The van der Waals surface area contributed by atoms with Crippen LogP contribution in [0.3, 0.4) is 0 Å². The second-order valence-electron chi connectivity index (χ2n) is 6.89. The summed E-state index contributed by atoms with van der Waals surface area (Å²) in [6.45, 7) is 5.45.